The molecule has 3 atom stereocenters. The van der Waals surface area contributed by atoms with Gasteiger partial charge in [-0.3, -0.25) is 4.79 Å². The van der Waals surface area contributed by atoms with E-state index in [9.17, 15) is 4.79 Å². The third-order valence-electron chi connectivity index (χ3n) is 2.87. The summed E-state index contributed by atoms with van der Waals surface area (Å²) in [6, 6.07) is 0. The molecule has 0 spiro atoms. The number of hydrogen-bond donors (Lipinski definition) is 0. The Labute approximate surface area is 92.8 Å². The van der Waals surface area contributed by atoms with E-state index in [1.54, 1.807) is 0 Å². The van der Waals surface area contributed by atoms with Crippen LogP contribution >= 0.6 is 0 Å². The first-order valence-corrected chi connectivity index (χ1v) is 5.98. The van der Waals surface area contributed by atoms with Crippen LogP contribution in [0.5, 0.6) is 0 Å². The van der Waals surface area contributed by atoms with Gasteiger partial charge in [-0.05, 0) is 20.3 Å². The van der Waals surface area contributed by atoms with Crippen molar-refractivity contribution in [1.29, 1.82) is 0 Å². The van der Waals surface area contributed by atoms with Gasteiger partial charge in [-0.25, -0.2) is 0 Å². The molecule has 1 aliphatic heterocycles. The van der Waals surface area contributed by atoms with Crippen LogP contribution in [0, 0.1) is 5.92 Å². The second-order valence-corrected chi connectivity index (χ2v) is 4.69. The normalized spacial score (nSPS) is 28.9. The molecule has 1 heterocycles. The average Bonchev–Trinajstić information content (AvgIpc) is 2.15. The average molecular weight is 213 g/mol. The summed E-state index contributed by atoms with van der Waals surface area (Å²) >= 11 is 0. The summed E-state index contributed by atoms with van der Waals surface area (Å²) in [7, 11) is 0. The van der Waals surface area contributed by atoms with Crippen molar-refractivity contribution in [3.8, 4) is 0 Å². The fraction of sp³-hybridized carbons (Fsp3) is 0.917. The van der Waals surface area contributed by atoms with E-state index in [0.717, 1.165) is 25.9 Å². The topological polar surface area (TPSA) is 29.5 Å². The van der Waals surface area contributed by atoms with Crippen molar-refractivity contribution in [2.75, 3.05) is 13.1 Å². The second kappa shape index (κ2) is 5.50. The van der Waals surface area contributed by atoms with Crippen molar-refractivity contribution in [3.63, 3.8) is 0 Å². The van der Waals surface area contributed by atoms with E-state index in [2.05, 4.69) is 6.92 Å². The maximum absolute atomic E-state index is 12.0. The second-order valence-electron chi connectivity index (χ2n) is 4.69. The minimum absolute atomic E-state index is 0.160. The number of rotatable bonds is 3. The highest BCUT2D eigenvalue weighted by Crippen LogP contribution is 2.16. The zero-order valence-electron chi connectivity index (χ0n) is 10.3. The fourth-order valence-electron chi connectivity index (χ4n) is 2.23. The van der Waals surface area contributed by atoms with E-state index in [1.165, 1.54) is 0 Å². The lowest BCUT2D eigenvalue weighted by molar-refractivity contribution is -0.147. The molecule has 1 saturated heterocycles. The number of carbonyl (C=O) groups is 1. The first kappa shape index (κ1) is 12.5. The van der Waals surface area contributed by atoms with Crippen LogP contribution in [0.4, 0.5) is 0 Å². The zero-order valence-corrected chi connectivity index (χ0v) is 10.3. The van der Waals surface area contributed by atoms with E-state index in [4.69, 9.17) is 4.74 Å². The van der Waals surface area contributed by atoms with E-state index in [0.29, 0.717) is 5.91 Å². The summed E-state index contributed by atoms with van der Waals surface area (Å²) in [5.74, 6) is 0.450. The maximum atomic E-state index is 12.0. The number of amides is 1. The number of nitrogens with zero attached hydrogens (tertiary/aromatic N) is 1. The van der Waals surface area contributed by atoms with Gasteiger partial charge in [0.1, 0.15) is 0 Å². The van der Waals surface area contributed by atoms with Crippen molar-refractivity contribution in [1.82, 2.24) is 4.90 Å². The number of ether oxygens (including phenoxy) is 1. The molecule has 15 heavy (non-hydrogen) atoms. The Balaban J connectivity index is 2.51. The number of carbonyl (C=O) groups excluding carboxylic acids is 1. The predicted molar refractivity (Wildman–Crippen MR) is 60.7 cm³/mol. The molecule has 0 N–H and O–H groups in total. The lowest BCUT2D eigenvalue weighted by Gasteiger charge is -2.36. The largest absolute Gasteiger partial charge is 0.372 e. The predicted octanol–water partition coefficient (Wildman–Crippen LogP) is 2.06. The summed E-state index contributed by atoms with van der Waals surface area (Å²) in [5, 5.41) is 0. The Morgan fingerprint density at radius 2 is 1.93 bits per heavy atom. The van der Waals surface area contributed by atoms with Gasteiger partial charge in [0, 0.05) is 19.0 Å². The molecule has 3 unspecified atom stereocenters. The van der Waals surface area contributed by atoms with Crippen molar-refractivity contribution in [2.45, 2.75) is 52.7 Å². The Kier molecular flexibility index (Phi) is 4.58. The molecule has 3 heteroatoms. The van der Waals surface area contributed by atoms with E-state index < -0.39 is 0 Å². The van der Waals surface area contributed by atoms with E-state index in [-0.39, 0.29) is 18.1 Å². The zero-order chi connectivity index (χ0) is 11.4. The molecule has 1 fully saturated rings. The van der Waals surface area contributed by atoms with Gasteiger partial charge in [0.05, 0.1) is 12.2 Å². The monoisotopic (exact) mass is 213 g/mol. The SMILES string of the molecule is CCCC(C)C(=O)N1CC(C)OC(C)C1. The third-order valence-corrected chi connectivity index (χ3v) is 2.87. The Morgan fingerprint density at radius 1 is 1.40 bits per heavy atom. The fourth-order valence-corrected chi connectivity index (χ4v) is 2.23. The summed E-state index contributed by atoms with van der Waals surface area (Å²) in [6.07, 6.45) is 2.40. The van der Waals surface area contributed by atoms with Gasteiger partial charge in [0.25, 0.3) is 0 Å². The molecule has 0 aromatic rings. The molecule has 0 aromatic heterocycles. The highest BCUT2D eigenvalue weighted by molar-refractivity contribution is 5.78. The van der Waals surface area contributed by atoms with Crippen molar-refractivity contribution < 1.29 is 9.53 Å². The molecular weight excluding hydrogens is 190 g/mol. The van der Waals surface area contributed by atoms with Gasteiger partial charge in [0.15, 0.2) is 0 Å². The lowest BCUT2D eigenvalue weighted by atomic mass is 10.0. The number of morpholine rings is 1. The van der Waals surface area contributed by atoms with Crippen LogP contribution in [0.3, 0.4) is 0 Å². The molecule has 0 aromatic carbocycles. The first-order chi connectivity index (χ1) is 7.04. The van der Waals surface area contributed by atoms with Crippen LogP contribution in [-0.2, 0) is 9.53 Å². The van der Waals surface area contributed by atoms with Crippen LogP contribution < -0.4 is 0 Å². The minimum atomic E-state index is 0.160. The van der Waals surface area contributed by atoms with Gasteiger partial charge >= 0.3 is 0 Å². The third kappa shape index (κ3) is 3.49. The van der Waals surface area contributed by atoms with Crippen LogP contribution in [0.1, 0.15) is 40.5 Å². The Morgan fingerprint density at radius 3 is 2.40 bits per heavy atom. The van der Waals surface area contributed by atoms with E-state index in [1.807, 2.05) is 25.7 Å². The van der Waals surface area contributed by atoms with Crippen molar-refractivity contribution in [3.05, 3.63) is 0 Å². The van der Waals surface area contributed by atoms with Crippen LogP contribution in [-0.4, -0.2) is 36.1 Å². The molecule has 0 aliphatic carbocycles. The molecule has 88 valence electrons. The van der Waals surface area contributed by atoms with E-state index >= 15 is 0 Å². The molecule has 0 radical (unpaired) electrons. The molecule has 0 bridgehead atoms. The minimum Gasteiger partial charge on any atom is -0.372 e. The molecule has 3 nitrogen and oxygen atoms in total. The van der Waals surface area contributed by atoms with Crippen molar-refractivity contribution >= 4 is 5.91 Å². The molecule has 0 saturated carbocycles. The molecule has 1 rings (SSSR count). The van der Waals surface area contributed by atoms with Crippen LogP contribution in [0.2, 0.25) is 0 Å². The lowest BCUT2D eigenvalue weighted by Crippen LogP contribution is -2.49. The summed E-state index contributed by atoms with van der Waals surface area (Å²) < 4.78 is 5.61. The van der Waals surface area contributed by atoms with Gasteiger partial charge in [-0.1, -0.05) is 20.3 Å². The Bertz CT molecular complexity index is 208. The maximum Gasteiger partial charge on any atom is 0.225 e. The van der Waals surface area contributed by atoms with Gasteiger partial charge in [-0.15, -0.1) is 0 Å². The molecule has 1 aliphatic rings. The highest BCUT2D eigenvalue weighted by Gasteiger charge is 2.27. The van der Waals surface area contributed by atoms with Gasteiger partial charge in [-0.2, -0.15) is 0 Å². The Hall–Kier alpha value is -0.570. The van der Waals surface area contributed by atoms with Crippen LogP contribution in [0.25, 0.3) is 0 Å². The summed E-state index contributed by atoms with van der Waals surface area (Å²) in [5.41, 5.74) is 0. The molecule has 1 amide bonds. The van der Waals surface area contributed by atoms with Gasteiger partial charge < -0.3 is 9.64 Å². The standard InChI is InChI=1S/C12H23NO2/c1-5-6-9(2)12(14)13-7-10(3)15-11(4)8-13/h9-11H,5-8H2,1-4H3. The first-order valence-electron chi connectivity index (χ1n) is 5.98. The molecular formula is C12H23NO2. The highest BCUT2D eigenvalue weighted by atomic mass is 16.5. The van der Waals surface area contributed by atoms with Crippen LogP contribution in [0.15, 0.2) is 0 Å². The quantitative estimate of drug-likeness (QED) is 0.718. The van der Waals surface area contributed by atoms with Crippen molar-refractivity contribution in [2.24, 2.45) is 5.92 Å². The summed E-state index contributed by atoms with van der Waals surface area (Å²) in [4.78, 5) is 14.0. The summed E-state index contributed by atoms with van der Waals surface area (Å²) in [6.45, 7) is 9.69. The smallest absolute Gasteiger partial charge is 0.225 e. The van der Waals surface area contributed by atoms with Gasteiger partial charge in [0.2, 0.25) is 5.91 Å². The number of hydrogen-bond acceptors (Lipinski definition) is 2.